The van der Waals surface area contributed by atoms with Crippen LogP contribution >= 0.6 is 0 Å². The van der Waals surface area contributed by atoms with E-state index in [1.165, 1.54) is 0 Å². The van der Waals surface area contributed by atoms with E-state index in [9.17, 15) is 4.79 Å². The number of rotatable bonds is 2. The van der Waals surface area contributed by atoms with Gasteiger partial charge in [-0.1, -0.05) is 18.2 Å². The Balaban J connectivity index is 1.47. The van der Waals surface area contributed by atoms with Gasteiger partial charge >= 0.3 is 0 Å². The monoisotopic (exact) mass is 328 g/mol. The molecule has 7 heteroatoms. The lowest BCUT2D eigenvalue weighted by Gasteiger charge is -2.37. The molecule has 0 unspecified atom stereocenters. The largest absolute Gasteiger partial charge is 0.347 e. The van der Waals surface area contributed by atoms with Crippen LogP contribution in [0.3, 0.4) is 0 Å². The van der Waals surface area contributed by atoms with Gasteiger partial charge in [-0.05, 0) is 18.6 Å². The highest BCUT2D eigenvalue weighted by Gasteiger charge is 2.41. The molecule has 2 aromatic rings. The molecule has 1 aromatic heterocycles. The van der Waals surface area contributed by atoms with Crippen LogP contribution in [-0.4, -0.2) is 57.7 Å². The van der Waals surface area contributed by atoms with Crippen molar-refractivity contribution in [1.82, 2.24) is 19.7 Å². The van der Waals surface area contributed by atoms with Crippen molar-refractivity contribution in [3.8, 4) is 5.69 Å². The number of hydrogen-bond acceptors (Lipinski definition) is 5. The summed E-state index contributed by atoms with van der Waals surface area (Å²) < 4.78 is 13.0. The number of amides is 1. The summed E-state index contributed by atoms with van der Waals surface area (Å²) in [5, 5.41) is 4.36. The summed E-state index contributed by atoms with van der Waals surface area (Å²) in [6, 6.07) is 7.87. The highest BCUT2D eigenvalue weighted by molar-refractivity contribution is 5.90. The summed E-state index contributed by atoms with van der Waals surface area (Å²) in [5.41, 5.74) is 2.01. The first-order chi connectivity index (χ1) is 11.7. The van der Waals surface area contributed by atoms with Crippen molar-refractivity contribution in [1.29, 1.82) is 0 Å². The third-order valence-electron chi connectivity index (χ3n) is 4.67. The number of benzene rings is 1. The van der Waals surface area contributed by atoms with E-state index < -0.39 is 5.79 Å². The average molecular weight is 328 g/mol. The summed E-state index contributed by atoms with van der Waals surface area (Å²) in [5.74, 6) is -0.400. The molecule has 1 aromatic carbocycles. The molecule has 4 rings (SSSR count). The Bertz CT molecular complexity index is 742. The summed E-state index contributed by atoms with van der Waals surface area (Å²) >= 11 is 0. The summed E-state index contributed by atoms with van der Waals surface area (Å²) in [6.07, 6.45) is 2.97. The van der Waals surface area contributed by atoms with Gasteiger partial charge < -0.3 is 14.4 Å². The molecule has 2 aliphatic rings. The van der Waals surface area contributed by atoms with E-state index in [0.717, 1.165) is 11.3 Å². The fraction of sp³-hybridized carbons (Fsp3) is 0.471. The van der Waals surface area contributed by atoms with E-state index in [-0.39, 0.29) is 11.7 Å². The zero-order chi connectivity index (χ0) is 16.6. The van der Waals surface area contributed by atoms with Crippen LogP contribution < -0.4 is 0 Å². The van der Waals surface area contributed by atoms with Crippen LogP contribution in [0.1, 0.15) is 29.0 Å². The van der Waals surface area contributed by atoms with Crippen molar-refractivity contribution in [3.63, 3.8) is 0 Å². The molecule has 2 saturated heterocycles. The van der Waals surface area contributed by atoms with Gasteiger partial charge in [0.05, 0.1) is 18.9 Å². The van der Waals surface area contributed by atoms with Crippen LogP contribution in [0.5, 0.6) is 0 Å². The highest BCUT2D eigenvalue weighted by Crippen LogP contribution is 2.31. The second-order valence-corrected chi connectivity index (χ2v) is 6.20. The maximum absolute atomic E-state index is 12.6. The third-order valence-corrected chi connectivity index (χ3v) is 4.67. The number of carbonyl (C=O) groups is 1. The molecule has 0 atom stereocenters. The lowest BCUT2D eigenvalue weighted by atomic mass is 10.0. The first kappa shape index (κ1) is 15.3. The van der Waals surface area contributed by atoms with Gasteiger partial charge in [-0.3, -0.25) is 4.79 Å². The normalized spacial score (nSPS) is 19.8. The first-order valence-corrected chi connectivity index (χ1v) is 8.22. The van der Waals surface area contributed by atoms with Crippen molar-refractivity contribution in [2.45, 2.75) is 25.6 Å². The average Bonchev–Trinajstić information content (AvgIpc) is 3.26. The van der Waals surface area contributed by atoms with Crippen LogP contribution in [0.25, 0.3) is 5.69 Å². The Morgan fingerprint density at radius 1 is 1.17 bits per heavy atom. The van der Waals surface area contributed by atoms with E-state index in [1.54, 1.807) is 15.9 Å². The Hall–Kier alpha value is -2.25. The molecule has 7 nitrogen and oxygen atoms in total. The van der Waals surface area contributed by atoms with E-state index in [1.807, 2.05) is 31.2 Å². The van der Waals surface area contributed by atoms with Gasteiger partial charge in [-0.15, -0.1) is 5.10 Å². The number of aryl methyl sites for hydroxylation is 1. The second kappa shape index (κ2) is 5.99. The van der Waals surface area contributed by atoms with Crippen molar-refractivity contribution in [2.75, 3.05) is 26.3 Å². The van der Waals surface area contributed by atoms with Crippen LogP contribution in [0, 0.1) is 6.92 Å². The number of nitrogens with zero attached hydrogens (tertiary/aromatic N) is 4. The van der Waals surface area contributed by atoms with Crippen LogP contribution in [0.4, 0.5) is 0 Å². The lowest BCUT2D eigenvalue weighted by molar-refractivity contribution is -0.181. The Labute approximate surface area is 140 Å². The van der Waals surface area contributed by atoms with Crippen molar-refractivity contribution >= 4 is 5.91 Å². The van der Waals surface area contributed by atoms with Crippen molar-refractivity contribution in [2.24, 2.45) is 0 Å². The van der Waals surface area contributed by atoms with Gasteiger partial charge in [-0.25, -0.2) is 9.67 Å². The van der Waals surface area contributed by atoms with Crippen molar-refractivity contribution < 1.29 is 14.3 Å². The molecular formula is C17H20N4O3. The van der Waals surface area contributed by atoms with E-state index in [2.05, 4.69) is 10.1 Å². The Morgan fingerprint density at radius 3 is 2.58 bits per heavy atom. The zero-order valence-electron chi connectivity index (χ0n) is 13.6. The molecule has 1 amide bonds. The molecule has 0 saturated carbocycles. The van der Waals surface area contributed by atoms with Crippen LogP contribution in [0.2, 0.25) is 0 Å². The third kappa shape index (κ3) is 2.70. The van der Waals surface area contributed by atoms with Crippen LogP contribution in [-0.2, 0) is 9.47 Å². The molecular weight excluding hydrogens is 308 g/mol. The smallest absolute Gasteiger partial charge is 0.293 e. The number of hydrogen-bond donors (Lipinski definition) is 0. The Kier molecular flexibility index (Phi) is 3.82. The molecule has 2 aliphatic heterocycles. The number of piperidine rings is 1. The number of aromatic nitrogens is 3. The fourth-order valence-corrected chi connectivity index (χ4v) is 3.28. The minimum Gasteiger partial charge on any atom is -0.347 e. The minimum atomic E-state index is -0.481. The fourth-order valence-electron chi connectivity index (χ4n) is 3.28. The highest BCUT2D eigenvalue weighted by atomic mass is 16.7. The van der Waals surface area contributed by atoms with E-state index in [0.29, 0.717) is 39.1 Å². The molecule has 0 radical (unpaired) electrons. The minimum absolute atomic E-state index is 0.143. The van der Waals surface area contributed by atoms with Gasteiger partial charge in [-0.2, -0.15) is 0 Å². The van der Waals surface area contributed by atoms with Gasteiger partial charge in [0.15, 0.2) is 5.79 Å². The SMILES string of the molecule is Cc1ccccc1-n1cnc(C(=O)N2CCC3(CC2)OCCO3)n1. The molecule has 2 fully saturated rings. The zero-order valence-corrected chi connectivity index (χ0v) is 13.6. The molecule has 0 N–H and O–H groups in total. The molecule has 3 heterocycles. The van der Waals surface area contributed by atoms with E-state index >= 15 is 0 Å². The predicted octanol–water partition coefficient (Wildman–Crippen LogP) is 1.55. The number of carbonyl (C=O) groups excluding carboxylic acids is 1. The molecule has 126 valence electrons. The molecule has 0 aliphatic carbocycles. The number of likely N-dealkylation sites (tertiary alicyclic amines) is 1. The maximum Gasteiger partial charge on any atom is 0.293 e. The number of para-hydroxylation sites is 1. The van der Waals surface area contributed by atoms with Crippen LogP contribution in [0.15, 0.2) is 30.6 Å². The maximum atomic E-state index is 12.6. The first-order valence-electron chi connectivity index (χ1n) is 8.22. The lowest BCUT2D eigenvalue weighted by Crippen LogP contribution is -2.47. The number of ether oxygens (including phenoxy) is 2. The quantitative estimate of drug-likeness (QED) is 0.837. The molecule has 24 heavy (non-hydrogen) atoms. The molecule has 1 spiro atoms. The standard InChI is InChI=1S/C17H20N4O3/c1-13-4-2-3-5-14(13)21-12-18-15(19-21)16(22)20-8-6-17(7-9-20)23-10-11-24-17/h2-5,12H,6-11H2,1H3. The summed E-state index contributed by atoms with van der Waals surface area (Å²) in [4.78, 5) is 18.6. The topological polar surface area (TPSA) is 69.5 Å². The summed E-state index contributed by atoms with van der Waals surface area (Å²) in [7, 11) is 0. The van der Waals surface area contributed by atoms with Gasteiger partial charge in [0.2, 0.25) is 5.82 Å². The summed E-state index contributed by atoms with van der Waals surface area (Å²) in [6.45, 7) is 4.46. The van der Waals surface area contributed by atoms with Gasteiger partial charge in [0, 0.05) is 25.9 Å². The van der Waals surface area contributed by atoms with Gasteiger partial charge in [0.25, 0.3) is 5.91 Å². The predicted molar refractivity (Wildman–Crippen MR) is 85.9 cm³/mol. The van der Waals surface area contributed by atoms with Crippen molar-refractivity contribution in [3.05, 3.63) is 42.0 Å². The van der Waals surface area contributed by atoms with E-state index in [4.69, 9.17) is 9.47 Å². The Morgan fingerprint density at radius 2 is 1.88 bits per heavy atom. The second-order valence-electron chi connectivity index (χ2n) is 6.20. The molecule has 0 bridgehead atoms. The van der Waals surface area contributed by atoms with Gasteiger partial charge in [0.1, 0.15) is 6.33 Å².